The zero-order valence-corrected chi connectivity index (χ0v) is 37.7. The van der Waals surface area contributed by atoms with Gasteiger partial charge in [-0.25, -0.2) is 0 Å². The number of allylic oxidation sites excluding steroid dienone is 7. The summed E-state index contributed by atoms with van der Waals surface area (Å²) in [5, 5.41) is 22.9. The fourth-order valence-electron chi connectivity index (χ4n) is 7.45. The molecule has 56 heavy (non-hydrogen) atoms. The highest BCUT2D eigenvalue weighted by Gasteiger charge is 2.17. The molecule has 328 valence electrons. The van der Waals surface area contributed by atoms with Crippen molar-refractivity contribution in [1.82, 2.24) is 5.32 Å². The Kier molecular flexibility index (Phi) is 46.3. The zero-order chi connectivity index (χ0) is 40.7. The first-order valence-corrected chi connectivity index (χ1v) is 24.9. The van der Waals surface area contributed by atoms with E-state index in [1.54, 1.807) is 6.08 Å². The van der Waals surface area contributed by atoms with E-state index < -0.39 is 12.1 Å². The maximum Gasteiger partial charge on any atom is 0.220 e. The normalized spacial score (nSPS) is 13.3. The van der Waals surface area contributed by atoms with Crippen LogP contribution in [0.4, 0.5) is 0 Å². The van der Waals surface area contributed by atoms with Gasteiger partial charge in [-0.1, -0.05) is 236 Å². The highest BCUT2D eigenvalue weighted by atomic mass is 16.3. The molecule has 0 saturated heterocycles. The van der Waals surface area contributed by atoms with Crippen LogP contribution in [0.5, 0.6) is 0 Å². The lowest BCUT2D eigenvalue weighted by Gasteiger charge is -2.19. The van der Waals surface area contributed by atoms with Gasteiger partial charge in [0, 0.05) is 6.42 Å². The van der Waals surface area contributed by atoms with Crippen molar-refractivity contribution >= 4 is 5.91 Å². The number of rotatable bonds is 45. The number of hydrogen-bond donors (Lipinski definition) is 3. The summed E-state index contributed by atoms with van der Waals surface area (Å²) in [5.74, 6) is -0.0779. The Morgan fingerprint density at radius 3 is 1.11 bits per heavy atom. The van der Waals surface area contributed by atoms with Gasteiger partial charge in [-0.3, -0.25) is 4.79 Å². The lowest BCUT2D eigenvalue weighted by molar-refractivity contribution is -0.123. The van der Waals surface area contributed by atoms with Gasteiger partial charge in [-0.15, -0.1) is 0 Å². The fraction of sp³-hybridized carbons (Fsp3) is 0.827. The Hall–Kier alpha value is -1.65. The number of carbonyl (C=O) groups is 1. The maximum absolute atomic E-state index is 12.4. The van der Waals surface area contributed by atoms with Crippen LogP contribution in [0.2, 0.25) is 0 Å². The average Bonchev–Trinajstić information content (AvgIpc) is 3.20. The summed E-state index contributed by atoms with van der Waals surface area (Å²) in [6.45, 7) is 4.23. The van der Waals surface area contributed by atoms with Crippen molar-refractivity contribution in [2.24, 2.45) is 0 Å². The third kappa shape index (κ3) is 43.5. The first-order valence-electron chi connectivity index (χ1n) is 24.9. The summed E-state index contributed by atoms with van der Waals surface area (Å²) < 4.78 is 0. The van der Waals surface area contributed by atoms with Crippen molar-refractivity contribution in [3.63, 3.8) is 0 Å². The van der Waals surface area contributed by atoms with Gasteiger partial charge >= 0.3 is 0 Å². The Labute approximate surface area is 350 Å². The van der Waals surface area contributed by atoms with E-state index in [0.717, 1.165) is 44.9 Å². The minimum atomic E-state index is -0.868. The standard InChI is InChI=1S/C52H97NO3/c1-3-5-7-9-11-13-15-16-17-18-19-20-21-22-23-24-25-26-27-28-29-30-31-32-33-34-35-36-38-40-42-44-46-48-52(56)53-50(49-54)51(55)47-45-43-41-39-37-14-12-10-8-6-4-2/h8,10,22-23,37,39,45,47,50-51,54-55H,3-7,9,11-21,24-36,38,40-44,46,48-49H2,1-2H3,(H,53,56)/b10-8+,23-22-,39-37+,47-45+. The molecule has 4 heteroatoms. The number of carbonyl (C=O) groups excluding carboxylic acids is 1. The molecule has 0 rings (SSSR count). The Balaban J connectivity index is 3.43. The summed E-state index contributed by atoms with van der Waals surface area (Å²) in [6, 6.07) is -0.643. The van der Waals surface area contributed by atoms with E-state index in [9.17, 15) is 15.0 Å². The number of aliphatic hydroxyl groups is 2. The van der Waals surface area contributed by atoms with E-state index in [1.165, 1.54) is 193 Å². The zero-order valence-electron chi connectivity index (χ0n) is 37.7. The first-order chi connectivity index (χ1) is 27.7. The average molecular weight is 784 g/mol. The summed E-state index contributed by atoms with van der Waals surface area (Å²) >= 11 is 0. The number of amides is 1. The molecule has 0 heterocycles. The molecular formula is C52H97NO3. The summed E-state index contributed by atoms with van der Waals surface area (Å²) in [5.41, 5.74) is 0. The maximum atomic E-state index is 12.4. The van der Waals surface area contributed by atoms with Crippen molar-refractivity contribution in [2.45, 2.75) is 270 Å². The van der Waals surface area contributed by atoms with E-state index >= 15 is 0 Å². The molecule has 0 spiro atoms. The van der Waals surface area contributed by atoms with Crippen molar-refractivity contribution in [3.05, 3.63) is 48.6 Å². The molecule has 0 aliphatic carbocycles. The third-order valence-electron chi connectivity index (χ3n) is 11.2. The van der Waals surface area contributed by atoms with Gasteiger partial charge in [0.1, 0.15) is 0 Å². The largest absolute Gasteiger partial charge is 0.394 e. The van der Waals surface area contributed by atoms with Gasteiger partial charge in [0.25, 0.3) is 0 Å². The van der Waals surface area contributed by atoms with E-state index in [0.29, 0.717) is 6.42 Å². The van der Waals surface area contributed by atoms with Gasteiger partial charge in [0.15, 0.2) is 0 Å². The van der Waals surface area contributed by atoms with E-state index in [-0.39, 0.29) is 12.5 Å². The second-order valence-electron chi connectivity index (χ2n) is 16.9. The lowest BCUT2D eigenvalue weighted by Crippen LogP contribution is -2.45. The van der Waals surface area contributed by atoms with Crippen LogP contribution in [0.3, 0.4) is 0 Å². The molecule has 0 fully saturated rings. The van der Waals surface area contributed by atoms with Crippen molar-refractivity contribution in [3.8, 4) is 0 Å². The first kappa shape index (κ1) is 54.3. The summed E-state index contributed by atoms with van der Waals surface area (Å²) in [4.78, 5) is 12.4. The molecule has 0 aromatic rings. The third-order valence-corrected chi connectivity index (χ3v) is 11.2. The minimum absolute atomic E-state index is 0.0779. The number of nitrogens with one attached hydrogen (secondary N) is 1. The van der Waals surface area contributed by atoms with Crippen LogP contribution in [-0.4, -0.2) is 34.9 Å². The molecule has 0 saturated carbocycles. The molecular weight excluding hydrogens is 687 g/mol. The molecule has 0 aliphatic rings. The Bertz CT molecular complexity index is 893. The van der Waals surface area contributed by atoms with Crippen LogP contribution >= 0.6 is 0 Å². The van der Waals surface area contributed by atoms with Crippen LogP contribution < -0.4 is 5.32 Å². The molecule has 0 aromatic carbocycles. The van der Waals surface area contributed by atoms with Gasteiger partial charge in [0.05, 0.1) is 18.8 Å². The molecule has 4 nitrogen and oxygen atoms in total. The van der Waals surface area contributed by atoms with Crippen LogP contribution in [0.25, 0.3) is 0 Å². The van der Waals surface area contributed by atoms with Gasteiger partial charge in [-0.05, 0) is 64.2 Å². The SMILES string of the molecule is CCC/C=C/CC/C=C/CC/C=C/C(O)C(CO)NC(=O)CCCCCCCCCCCCCCCCCCC/C=C\CCCCCCCCCCCCCC. The van der Waals surface area contributed by atoms with Gasteiger partial charge in [0.2, 0.25) is 5.91 Å². The highest BCUT2D eigenvalue weighted by Crippen LogP contribution is 2.16. The van der Waals surface area contributed by atoms with Crippen LogP contribution in [-0.2, 0) is 4.79 Å². The van der Waals surface area contributed by atoms with Crippen LogP contribution in [0, 0.1) is 0 Å². The predicted octanol–water partition coefficient (Wildman–Crippen LogP) is 15.9. The lowest BCUT2D eigenvalue weighted by atomic mass is 10.0. The van der Waals surface area contributed by atoms with E-state index in [1.807, 2.05) is 6.08 Å². The fourth-order valence-corrected chi connectivity index (χ4v) is 7.45. The summed E-state index contributed by atoms with van der Waals surface area (Å²) in [6.07, 6.45) is 65.5. The van der Waals surface area contributed by atoms with Gasteiger partial charge < -0.3 is 15.5 Å². The molecule has 1 amide bonds. The van der Waals surface area contributed by atoms with Crippen LogP contribution in [0.15, 0.2) is 48.6 Å². The van der Waals surface area contributed by atoms with Crippen molar-refractivity contribution in [2.75, 3.05) is 6.61 Å². The quantitative estimate of drug-likeness (QED) is 0.0425. The number of hydrogen-bond acceptors (Lipinski definition) is 3. The molecule has 2 unspecified atom stereocenters. The molecule has 0 radical (unpaired) electrons. The second kappa shape index (κ2) is 47.7. The van der Waals surface area contributed by atoms with Crippen LogP contribution in [0.1, 0.15) is 258 Å². The summed E-state index contributed by atoms with van der Waals surface area (Å²) in [7, 11) is 0. The topological polar surface area (TPSA) is 69.6 Å². The van der Waals surface area contributed by atoms with E-state index in [2.05, 4.69) is 55.6 Å². The molecule has 2 atom stereocenters. The van der Waals surface area contributed by atoms with Crippen molar-refractivity contribution < 1.29 is 15.0 Å². The molecule has 3 N–H and O–H groups in total. The van der Waals surface area contributed by atoms with E-state index in [4.69, 9.17) is 0 Å². The Morgan fingerprint density at radius 1 is 0.411 bits per heavy atom. The second-order valence-corrected chi connectivity index (χ2v) is 16.9. The van der Waals surface area contributed by atoms with Crippen molar-refractivity contribution in [1.29, 1.82) is 0 Å². The smallest absolute Gasteiger partial charge is 0.220 e. The predicted molar refractivity (Wildman–Crippen MR) is 248 cm³/mol. The Morgan fingerprint density at radius 2 is 0.732 bits per heavy atom. The molecule has 0 aromatic heterocycles. The number of unbranched alkanes of at least 4 members (excludes halogenated alkanes) is 32. The van der Waals surface area contributed by atoms with Gasteiger partial charge in [-0.2, -0.15) is 0 Å². The number of aliphatic hydroxyl groups excluding tert-OH is 2. The monoisotopic (exact) mass is 784 g/mol. The molecule has 0 aliphatic heterocycles. The minimum Gasteiger partial charge on any atom is -0.394 e. The highest BCUT2D eigenvalue weighted by molar-refractivity contribution is 5.76. The molecule has 0 bridgehead atoms.